The van der Waals surface area contributed by atoms with Crippen LogP contribution in [-0.2, 0) is 0 Å². The van der Waals surface area contributed by atoms with Crippen molar-refractivity contribution in [1.82, 2.24) is 0 Å². The molecule has 4 heteroatoms. The molecule has 0 aliphatic carbocycles. The quantitative estimate of drug-likeness (QED) is 0.243. The van der Waals surface area contributed by atoms with Crippen molar-refractivity contribution in [2.45, 2.75) is 0 Å². The third-order valence-electron chi connectivity index (χ3n) is 0.1000. The first-order valence-electron chi connectivity index (χ1n) is 1.13. The van der Waals surface area contributed by atoms with Crippen molar-refractivity contribution in [3.05, 3.63) is 0 Å². The summed E-state index contributed by atoms with van der Waals surface area (Å²) in [6.45, 7) is 0. The number of hydrogen-bond donors (Lipinski definition) is 2. The van der Waals surface area contributed by atoms with E-state index in [0.717, 1.165) is 11.5 Å². The fraction of sp³-hybridized carbons (Fsp3) is 1.00. The van der Waals surface area contributed by atoms with E-state index >= 15 is 0 Å². The van der Waals surface area contributed by atoms with Crippen LogP contribution < -0.4 is 37.7 Å². The van der Waals surface area contributed by atoms with Gasteiger partial charge in [-0.1, -0.05) is 0 Å². The Hall–Kier alpha value is 1.89. The van der Waals surface area contributed by atoms with E-state index < -0.39 is 0 Å². The Morgan fingerprint density at radius 3 is 1.00 bits per heavy atom. The Morgan fingerprint density at radius 2 is 1.00 bits per heavy atom. The molecule has 0 aromatic heterocycles. The number of thiol groups is 2. The van der Waals surface area contributed by atoms with Crippen molar-refractivity contribution in [3.63, 3.8) is 0 Å². The molecule has 0 nitrogen and oxygen atoms in total. The van der Waals surface area contributed by atoms with Crippen molar-refractivity contribution in [1.29, 1.82) is 0 Å². The normalized spacial score (nSPS) is 5.00. The van der Waals surface area contributed by atoms with Gasteiger partial charge in [0.25, 0.3) is 0 Å². The van der Waals surface area contributed by atoms with E-state index in [1.165, 1.54) is 0 Å². The summed E-state index contributed by atoms with van der Waals surface area (Å²) >= 11 is 7.69. The maximum Gasteiger partial charge on any atom is 1.00 e. The summed E-state index contributed by atoms with van der Waals surface area (Å²) in [5, 5.41) is 0. The molecule has 0 saturated carbocycles. The molecule has 0 bridgehead atoms. The van der Waals surface area contributed by atoms with Crippen LogP contribution in [-0.4, -0.2) is 11.5 Å². The zero-order valence-corrected chi connectivity index (χ0v) is 6.10. The summed E-state index contributed by atoms with van der Waals surface area (Å²) in [5.74, 6) is 1.76. The van der Waals surface area contributed by atoms with Crippen LogP contribution in [0.5, 0.6) is 0 Å². The molecular formula is C2H6Li2S2+2. The van der Waals surface area contributed by atoms with Gasteiger partial charge in [0, 0.05) is 0 Å². The van der Waals surface area contributed by atoms with Crippen LogP contribution in [0.25, 0.3) is 0 Å². The van der Waals surface area contributed by atoms with Crippen LogP contribution in [0.3, 0.4) is 0 Å². The van der Waals surface area contributed by atoms with Crippen LogP contribution >= 0.6 is 25.3 Å². The van der Waals surface area contributed by atoms with Crippen LogP contribution in [0.15, 0.2) is 0 Å². The monoisotopic (exact) mass is 108 g/mol. The molecule has 0 spiro atoms. The minimum Gasteiger partial charge on any atom is -0.179 e. The van der Waals surface area contributed by atoms with E-state index in [-0.39, 0.29) is 37.7 Å². The van der Waals surface area contributed by atoms with Gasteiger partial charge in [-0.25, -0.2) is 0 Å². The standard InChI is InChI=1S/C2H6S2.2Li/c3-1-2-4;;/h3-4H,1-2H2;;/q;2*+1. The molecular weight excluding hydrogens is 102 g/mol. The molecule has 0 N–H and O–H groups in total. The van der Waals surface area contributed by atoms with Crippen LogP contribution in [0, 0.1) is 0 Å². The molecule has 0 amide bonds. The molecule has 0 aromatic carbocycles. The van der Waals surface area contributed by atoms with E-state index in [1.807, 2.05) is 0 Å². The largest absolute Gasteiger partial charge is 1.00 e. The summed E-state index contributed by atoms with van der Waals surface area (Å²) < 4.78 is 0. The van der Waals surface area contributed by atoms with Gasteiger partial charge in [0.1, 0.15) is 0 Å². The topological polar surface area (TPSA) is 0 Å². The van der Waals surface area contributed by atoms with Crippen molar-refractivity contribution < 1.29 is 37.7 Å². The summed E-state index contributed by atoms with van der Waals surface area (Å²) in [4.78, 5) is 0. The van der Waals surface area contributed by atoms with E-state index in [0.29, 0.717) is 0 Å². The van der Waals surface area contributed by atoms with Crippen molar-refractivity contribution >= 4 is 25.3 Å². The van der Waals surface area contributed by atoms with Gasteiger partial charge in [-0.15, -0.1) is 0 Å². The minimum atomic E-state index is 0. The third kappa shape index (κ3) is 16.9. The fourth-order valence-corrected chi connectivity index (χ4v) is 0. The molecule has 0 aromatic rings. The molecule has 0 saturated heterocycles. The van der Waals surface area contributed by atoms with Crippen LogP contribution in [0.4, 0.5) is 0 Å². The van der Waals surface area contributed by atoms with E-state index in [9.17, 15) is 0 Å². The predicted octanol–water partition coefficient (Wildman–Crippen LogP) is -5.15. The third-order valence-corrected chi connectivity index (χ3v) is 0.900. The Kier molecular flexibility index (Phi) is 41.2. The average molecular weight is 108 g/mol. The van der Waals surface area contributed by atoms with Gasteiger partial charge in [-0.3, -0.25) is 0 Å². The summed E-state index contributed by atoms with van der Waals surface area (Å²) in [5.41, 5.74) is 0. The smallest absolute Gasteiger partial charge is 0.179 e. The summed E-state index contributed by atoms with van der Waals surface area (Å²) in [6.07, 6.45) is 0. The van der Waals surface area contributed by atoms with Crippen LogP contribution in [0.1, 0.15) is 0 Å². The first-order chi connectivity index (χ1) is 1.91. The molecule has 26 valence electrons. The Labute approximate surface area is 74.0 Å². The Bertz CT molecular complexity index is 11.5. The van der Waals surface area contributed by atoms with Gasteiger partial charge in [0.15, 0.2) is 0 Å². The fourth-order valence-electron chi connectivity index (χ4n) is 0. The number of rotatable bonds is 1. The Balaban J connectivity index is -0.0000000450. The molecule has 6 heavy (non-hydrogen) atoms. The van der Waals surface area contributed by atoms with Gasteiger partial charge < -0.3 is 0 Å². The summed E-state index contributed by atoms with van der Waals surface area (Å²) in [7, 11) is 0. The maximum absolute atomic E-state index is 3.84. The minimum absolute atomic E-state index is 0. The van der Waals surface area contributed by atoms with Crippen molar-refractivity contribution in [2.75, 3.05) is 11.5 Å². The van der Waals surface area contributed by atoms with Gasteiger partial charge >= 0.3 is 37.7 Å². The molecule has 0 aliphatic heterocycles. The molecule has 0 fully saturated rings. The molecule has 0 unspecified atom stereocenters. The van der Waals surface area contributed by atoms with Gasteiger partial charge in [-0.2, -0.15) is 25.3 Å². The zero-order chi connectivity index (χ0) is 3.41. The van der Waals surface area contributed by atoms with Gasteiger partial charge in [0.05, 0.1) is 0 Å². The second-order valence-electron chi connectivity index (χ2n) is 0.447. The SMILES string of the molecule is SCCS.[Li+].[Li+]. The summed E-state index contributed by atoms with van der Waals surface area (Å²) in [6, 6.07) is 0. The van der Waals surface area contributed by atoms with Gasteiger partial charge in [-0.05, 0) is 11.5 Å². The first-order valence-corrected chi connectivity index (χ1v) is 2.40. The van der Waals surface area contributed by atoms with Crippen LogP contribution in [0.2, 0.25) is 0 Å². The van der Waals surface area contributed by atoms with Crippen molar-refractivity contribution in [3.8, 4) is 0 Å². The maximum atomic E-state index is 3.84. The van der Waals surface area contributed by atoms with E-state index in [4.69, 9.17) is 0 Å². The van der Waals surface area contributed by atoms with Gasteiger partial charge in [0.2, 0.25) is 0 Å². The molecule has 0 heterocycles. The second-order valence-corrected chi connectivity index (χ2v) is 1.34. The molecule has 0 aliphatic rings. The molecule has 0 atom stereocenters. The Morgan fingerprint density at radius 1 is 0.833 bits per heavy atom. The predicted molar refractivity (Wildman–Crippen MR) is 27.7 cm³/mol. The zero-order valence-electron chi connectivity index (χ0n) is 4.31. The average Bonchev–Trinajstić information content (AvgIpc) is 1.37. The van der Waals surface area contributed by atoms with Crippen molar-refractivity contribution in [2.24, 2.45) is 0 Å². The van der Waals surface area contributed by atoms with E-state index in [2.05, 4.69) is 25.3 Å². The first kappa shape index (κ1) is 15.7. The number of hydrogen-bond acceptors (Lipinski definition) is 2. The van der Waals surface area contributed by atoms with E-state index in [1.54, 1.807) is 0 Å². The molecule has 0 radical (unpaired) electrons. The molecule has 0 rings (SSSR count). The second kappa shape index (κ2) is 15.8.